The first-order valence-corrected chi connectivity index (χ1v) is 3.95. The van der Waals surface area contributed by atoms with Crippen LogP contribution in [-0.2, 0) is 0 Å². The second-order valence-corrected chi connectivity index (χ2v) is 4.31. The lowest BCUT2D eigenvalue weighted by Crippen LogP contribution is -2.42. The van der Waals surface area contributed by atoms with Crippen molar-refractivity contribution in [3.05, 3.63) is 0 Å². The molecule has 0 aliphatic carbocycles. The van der Waals surface area contributed by atoms with Crippen LogP contribution in [0.15, 0.2) is 5.10 Å². The van der Waals surface area contributed by atoms with E-state index >= 15 is 0 Å². The average Bonchev–Trinajstić information content (AvgIpc) is 2.11. The maximum absolute atomic E-state index is 3.92. The highest BCUT2D eigenvalue weighted by molar-refractivity contribution is 9.07. The average molecular weight is 206 g/mol. The smallest absolute Gasteiger partial charge is 0.131 e. The van der Waals surface area contributed by atoms with E-state index in [0.717, 1.165) is 0 Å². The van der Waals surface area contributed by atoms with Crippen molar-refractivity contribution in [1.82, 2.24) is 9.35 Å². The monoisotopic (exact) mass is 205 g/mol. The number of rotatable bonds is 0. The summed E-state index contributed by atoms with van der Waals surface area (Å²) >= 11 is 3.36. The van der Waals surface area contributed by atoms with Crippen LogP contribution >= 0.6 is 16.1 Å². The Hall–Kier alpha value is -0.250. The molecule has 0 fully saturated rings. The highest BCUT2D eigenvalue weighted by Crippen LogP contribution is 2.25. The quantitative estimate of drug-likeness (QED) is 0.608. The van der Waals surface area contributed by atoms with Gasteiger partial charge in [-0.05, 0) is 0 Å². The molecule has 10 heavy (non-hydrogen) atoms. The van der Waals surface area contributed by atoms with Gasteiger partial charge in [-0.15, -0.1) is 0 Å². The van der Waals surface area contributed by atoms with Crippen LogP contribution in [0.1, 0.15) is 20.8 Å². The van der Waals surface area contributed by atoms with E-state index in [1.807, 2.05) is 3.93 Å². The topological polar surface area (TPSA) is 27.6 Å². The first-order valence-electron chi connectivity index (χ1n) is 3.24. The van der Waals surface area contributed by atoms with Gasteiger partial charge in [-0.2, -0.15) is 5.10 Å². The van der Waals surface area contributed by atoms with Gasteiger partial charge in [0, 0.05) is 5.41 Å². The molecule has 0 spiro atoms. The molecule has 1 unspecified atom stereocenters. The molecule has 4 heteroatoms. The lowest BCUT2D eigenvalue weighted by Gasteiger charge is -2.30. The molecule has 0 aromatic carbocycles. The Balaban J connectivity index is 2.60. The molecular weight excluding hydrogens is 194 g/mol. The fraction of sp³-hybridized carbons (Fsp3) is 0.833. The molecule has 1 aliphatic rings. The van der Waals surface area contributed by atoms with E-state index in [9.17, 15) is 0 Å². The molecule has 0 aromatic heterocycles. The summed E-state index contributed by atoms with van der Waals surface area (Å²) < 4.78 is 1.90. The lowest BCUT2D eigenvalue weighted by atomic mass is 9.93. The van der Waals surface area contributed by atoms with E-state index in [1.54, 1.807) is 6.34 Å². The Kier molecular flexibility index (Phi) is 1.90. The third-order valence-electron chi connectivity index (χ3n) is 1.43. The van der Waals surface area contributed by atoms with Crippen LogP contribution in [0.25, 0.3) is 0 Å². The standard InChI is InChI=1S/C6H12BrN3/c1-6(2,3)5-9-8-4-10(5)7/h4-5,9H,1-3H3. The molecule has 0 bridgehead atoms. The molecule has 1 atom stereocenters. The van der Waals surface area contributed by atoms with Crippen molar-refractivity contribution in [2.75, 3.05) is 0 Å². The van der Waals surface area contributed by atoms with Gasteiger partial charge < -0.3 is 0 Å². The molecule has 1 aliphatic heterocycles. The second-order valence-electron chi connectivity index (χ2n) is 3.49. The zero-order valence-electron chi connectivity index (χ0n) is 6.43. The summed E-state index contributed by atoms with van der Waals surface area (Å²) in [5.74, 6) is 0. The fourth-order valence-electron chi connectivity index (χ4n) is 0.845. The van der Waals surface area contributed by atoms with Gasteiger partial charge in [0.25, 0.3) is 0 Å². The zero-order chi connectivity index (χ0) is 7.78. The Morgan fingerprint density at radius 3 is 2.40 bits per heavy atom. The van der Waals surface area contributed by atoms with Gasteiger partial charge in [0.2, 0.25) is 0 Å². The molecule has 0 radical (unpaired) electrons. The van der Waals surface area contributed by atoms with E-state index in [2.05, 4.69) is 47.4 Å². The Labute approximate surface area is 69.8 Å². The van der Waals surface area contributed by atoms with Crippen LogP contribution in [-0.4, -0.2) is 16.4 Å². The molecule has 0 amide bonds. The highest BCUT2D eigenvalue weighted by atomic mass is 79.9. The molecule has 3 nitrogen and oxygen atoms in total. The van der Waals surface area contributed by atoms with Gasteiger partial charge in [-0.1, -0.05) is 20.8 Å². The molecule has 0 saturated heterocycles. The van der Waals surface area contributed by atoms with Crippen molar-refractivity contribution in [2.45, 2.75) is 26.9 Å². The minimum Gasteiger partial charge on any atom is -0.285 e. The summed E-state index contributed by atoms with van der Waals surface area (Å²) in [7, 11) is 0. The van der Waals surface area contributed by atoms with Gasteiger partial charge in [-0.3, -0.25) is 9.35 Å². The van der Waals surface area contributed by atoms with E-state index < -0.39 is 0 Å². The van der Waals surface area contributed by atoms with Crippen molar-refractivity contribution in [1.29, 1.82) is 0 Å². The number of nitrogens with zero attached hydrogens (tertiary/aromatic N) is 2. The summed E-state index contributed by atoms with van der Waals surface area (Å²) in [5.41, 5.74) is 3.19. The van der Waals surface area contributed by atoms with E-state index in [1.165, 1.54) is 0 Å². The van der Waals surface area contributed by atoms with Crippen molar-refractivity contribution in [3.8, 4) is 0 Å². The van der Waals surface area contributed by atoms with Crippen LogP contribution in [0, 0.1) is 5.41 Å². The van der Waals surface area contributed by atoms with Crippen molar-refractivity contribution in [3.63, 3.8) is 0 Å². The van der Waals surface area contributed by atoms with Crippen molar-refractivity contribution < 1.29 is 0 Å². The van der Waals surface area contributed by atoms with Crippen LogP contribution < -0.4 is 5.43 Å². The number of hydrogen-bond donors (Lipinski definition) is 1. The predicted molar refractivity (Wildman–Crippen MR) is 45.6 cm³/mol. The molecule has 1 rings (SSSR count). The third kappa shape index (κ3) is 1.42. The highest BCUT2D eigenvalue weighted by Gasteiger charge is 2.30. The number of halogens is 1. The maximum Gasteiger partial charge on any atom is 0.131 e. The van der Waals surface area contributed by atoms with Gasteiger partial charge in [0.1, 0.15) is 12.5 Å². The number of hydrazone groups is 1. The summed E-state index contributed by atoms with van der Waals surface area (Å²) in [6.07, 6.45) is 1.99. The Morgan fingerprint density at radius 2 is 2.20 bits per heavy atom. The van der Waals surface area contributed by atoms with E-state index in [-0.39, 0.29) is 11.6 Å². The summed E-state index contributed by atoms with van der Waals surface area (Å²) in [6.45, 7) is 6.48. The first-order chi connectivity index (χ1) is 4.52. The lowest BCUT2D eigenvalue weighted by molar-refractivity contribution is 0.225. The fourth-order valence-corrected chi connectivity index (χ4v) is 1.64. The molecular formula is C6H12BrN3. The Bertz CT molecular complexity index is 150. The predicted octanol–water partition coefficient (Wildman–Crippen LogP) is 1.52. The third-order valence-corrected chi connectivity index (χ3v) is 2.02. The van der Waals surface area contributed by atoms with E-state index in [0.29, 0.717) is 0 Å². The summed E-state index contributed by atoms with van der Waals surface area (Å²) in [6, 6.07) is 0. The van der Waals surface area contributed by atoms with E-state index in [4.69, 9.17) is 0 Å². The van der Waals surface area contributed by atoms with Gasteiger partial charge in [0.15, 0.2) is 0 Å². The first kappa shape index (κ1) is 7.85. The minimum atomic E-state index is 0.194. The number of hydrogen-bond acceptors (Lipinski definition) is 3. The van der Waals surface area contributed by atoms with Crippen LogP contribution in [0.4, 0.5) is 0 Å². The second kappa shape index (κ2) is 2.42. The van der Waals surface area contributed by atoms with Crippen LogP contribution in [0.3, 0.4) is 0 Å². The Morgan fingerprint density at radius 1 is 1.60 bits per heavy atom. The minimum absolute atomic E-state index is 0.194. The zero-order valence-corrected chi connectivity index (χ0v) is 8.01. The normalized spacial score (nSPS) is 25.2. The van der Waals surface area contributed by atoms with Crippen molar-refractivity contribution in [2.24, 2.45) is 10.5 Å². The summed E-state index contributed by atoms with van der Waals surface area (Å²) in [5, 5.41) is 3.92. The van der Waals surface area contributed by atoms with Crippen LogP contribution in [0.2, 0.25) is 0 Å². The van der Waals surface area contributed by atoms with Crippen molar-refractivity contribution >= 4 is 22.5 Å². The largest absolute Gasteiger partial charge is 0.285 e. The number of nitrogens with one attached hydrogen (secondary N) is 1. The molecule has 0 saturated carbocycles. The molecule has 0 aromatic rings. The van der Waals surface area contributed by atoms with Crippen LogP contribution in [0.5, 0.6) is 0 Å². The molecule has 1 heterocycles. The molecule has 1 N–H and O–H groups in total. The van der Waals surface area contributed by atoms with Gasteiger partial charge in [-0.25, -0.2) is 0 Å². The molecule has 58 valence electrons. The maximum atomic E-state index is 3.92. The van der Waals surface area contributed by atoms with Gasteiger partial charge in [0.05, 0.1) is 16.1 Å². The SMILES string of the molecule is CC(C)(C)C1NN=CN1Br. The summed E-state index contributed by atoms with van der Waals surface area (Å²) in [4.78, 5) is 0. The van der Waals surface area contributed by atoms with Gasteiger partial charge >= 0.3 is 0 Å².